The van der Waals surface area contributed by atoms with Crippen molar-refractivity contribution in [3.05, 3.63) is 75.7 Å². The normalized spacial score (nSPS) is 12.0. The van der Waals surface area contributed by atoms with Crippen molar-refractivity contribution in [1.29, 1.82) is 0 Å². The Bertz CT molecular complexity index is 916. The highest BCUT2D eigenvalue weighted by Gasteiger charge is 2.19. The van der Waals surface area contributed by atoms with Crippen LogP contribution in [0.3, 0.4) is 0 Å². The number of pyridine rings is 1. The zero-order chi connectivity index (χ0) is 20.6. The van der Waals surface area contributed by atoms with Crippen LogP contribution in [0.4, 0.5) is 5.69 Å². The molecule has 1 N–H and O–H groups in total. The van der Waals surface area contributed by atoms with Crippen LogP contribution < -0.4 is 10.1 Å². The zero-order valence-corrected chi connectivity index (χ0v) is 18.0. The molecule has 1 atom stereocenters. The highest BCUT2D eigenvalue weighted by atomic mass is 35.5. The number of carbonyl (C=O) groups excluding carboxylic acids is 1. The molecule has 152 valence electrons. The first-order chi connectivity index (χ1) is 14.0. The maximum Gasteiger partial charge on any atom is 0.238 e. The lowest BCUT2D eigenvalue weighted by molar-refractivity contribution is -0.118. The molecule has 2 aromatic heterocycles. The highest BCUT2D eigenvalue weighted by Crippen LogP contribution is 2.20. The molecule has 0 radical (unpaired) electrons. The minimum Gasteiger partial charge on any atom is -0.497 e. The van der Waals surface area contributed by atoms with E-state index in [1.165, 1.54) is 4.88 Å². The van der Waals surface area contributed by atoms with E-state index in [1.807, 2.05) is 24.3 Å². The van der Waals surface area contributed by atoms with Gasteiger partial charge in [0.15, 0.2) is 5.15 Å². The van der Waals surface area contributed by atoms with Crippen LogP contribution in [0.25, 0.3) is 0 Å². The molecular formula is C22H24ClN3O2S. The van der Waals surface area contributed by atoms with Crippen LogP contribution in [0.15, 0.2) is 60.1 Å². The van der Waals surface area contributed by atoms with Crippen LogP contribution in [-0.2, 0) is 17.8 Å². The Hall–Kier alpha value is -2.41. The Kier molecular flexibility index (Phi) is 7.63. The summed E-state index contributed by atoms with van der Waals surface area (Å²) in [6.07, 6.45) is 2.48. The summed E-state index contributed by atoms with van der Waals surface area (Å²) >= 11 is 7.80. The predicted molar refractivity (Wildman–Crippen MR) is 119 cm³/mol. The van der Waals surface area contributed by atoms with Crippen molar-refractivity contribution in [3.63, 3.8) is 0 Å². The lowest BCUT2D eigenvalue weighted by atomic mass is 10.1. The van der Waals surface area contributed by atoms with Gasteiger partial charge in [-0.1, -0.05) is 29.8 Å². The number of halogens is 1. The molecule has 0 aliphatic heterocycles. The predicted octanol–water partition coefficient (Wildman–Crippen LogP) is 4.88. The number of ether oxygens (including phenoxy) is 1. The van der Waals surface area contributed by atoms with E-state index in [1.54, 1.807) is 36.8 Å². The number of thiophene rings is 1. The molecule has 0 bridgehead atoms. The van der Waals surface area contributed by atoms with E-state index < -0.39 is 0 Å². The van der Waals surface area contributed by atoms with Gasteiger partial charge in [0.25, 0.3) is 0 Å². The van der Waals surface area contributed by atoms with E-state index >= 15 is 0 Å². The van der Waals surface area contributed by atoms with E-state index in [0.717, 1.165) is 17.7 Å². The van der Waals surface area contributed by atoms with Gasteiger partial charge < -0.3 is 10.1 Å². The molecular weight excluding hydrogens is 406 g/mol. The summed E-state index contributed by atoms with van der Waals surface area (Å²) in [6, 6.07) is 15.8. The van der Waals surface area contributed by atoms with Gasteiger partial charge in [-0.2, -0.15) is 0 Å². The first-order valence-electron chi connectivity index (χ1n) is 9.35. The first kappa shape index (κ1) is 21.3. The molecule has 0 fully saturated rings. The molecule has 0 spiro atoms. The molecule has 7 heteroatoms. The fourth-order valence-electron chi connectivity index (χ4n) is 3.04. The quantitative estimate of drug-likeness (QED) is 0.492. The minimum atomic E-state index is -0.119. The van der Waals surface area contributed by atoms with Gasteiger partial charge in [0.05, 0.1) is 19.3 Å². The maximum atomic E-state index is 12.7. The molecule has 1 amide bonds. The van der Waals surface area contributed by atoms with Gasteiger partial charge in [-0.15, -0.1) is 11.3 Å². The fraction of sp³-hybridized carbons (Fsp3) is 0.273. The van der Waals surface area contributed by atoms with Gasteiger partial charge in [0.2, 0.25) is 5.91 Å². The van der Waals surface area contributed by atoms with Gasteiger partial charge in [0.1, 0.15) is 5.75 Å². The van der Waals surface area contributed by atoms with Crippen molar-refractivity contribution in [1.82, 2.24) is 9.88 Å². The zero-order valence-electron chi connectivity index (χ0n) is 16.5. The Labute approximate surface area is 180 Å². The summed E-state index contributed by atoms with van der Waals surface area (Å²) < 4.78 is 5.24. The van der Waals surface area contributed by atoms with Crippen molar-refractivity contribution in [2.45, 2.75) is 25.9 Å². The van der Waals surface area contributed by atoms with Crippen LogP contribution in [0, 0.1) is 0 Å². The van der Waals surface area contributed by atoms with E-state index in [-0.39, 0.29) is 23.6 Å². The Morgan fingerprint density at radius 2 is 2.03 bits per heavy atom. The summed E-state index contributed by atoms with van der Waals surface area (Å²) in [6.45, 7) is 3.06. The van der Waals surface area contributed by atoms with E-state index in [2.05, 4.69) is 39.6 Å². The minimum absolute atomic E-state index is 0.119. The molecule has 0 saturated carbocycles. The summed E-state index contributed by atoms with van der Waals surface area (Å²) in [7, 11) is 1.65. The number of aromatic nitrogens is 1. The number of amides is 1. The number of benzene rings is 1. The van der Waals surface area contributed by atoms with Gasteiger partial charge in [-0.05, 0) is 54.6 Å². The van der Waals surface area contributed by atoms with Crippen LogP contribution in [0.5, 0.6) is 5.75 Å². The number of carbonyl (C=O) groups is 1. The van der Waals surface area contributed by atoms with Gasteiger partial charge in [-0.3, -0.25) is 9.69 Å². The molecule has 5 nitrogen and oxygen atoms in total. The largest absolute Gasteiger partial charge is 0.497 e. The van der Waals surface area contributed by atoms with E-state index in [4.69, 9.17) is 16.3 Å². The number of hydrogen-bond donors (Lipinski definition) is 1. The SMILES string of the molecule is COc1ccc(CN(CC(=O)Nc2cccnc2Cl)C(C)Cc2cccs2)cc1. The van der Waals surface area contributed by atoms with Gasteiger partial charge in [-0.25, -0.2) is 4.98 Å². The van der Waals surface area contributed by atoms with Crippen LogP contribution in [0.1, 0.15) is 17.4 Å². The summed E-state index contributed by atoms with van der Waals surface area (Å²) in [5.41, 5.74) is 1.64. The second-order valence-electron chi connectivity index (χ2n) is 6.78. The van der Waals surface area contributed by atoms with E-state index in [9.17, 15) is 4.79 Å². The Morgan fingerprint density at radius 3 is 2.69 bits per heavy atom. The van der Waals surface area contributed by atoms with Gasteiger partial charge in [0, 0.05) is 23.7 Å². The van der Waals surface area contributed by atoms with Gasteiger partial charge >= 0.3 is 0 Å². The molecule has 0 aliphatic rings. The van der Waals surface area contributed by atoms with Crippen LogP contribution >= 0.6 is 22.9 Å². The molecule has 3 rings (SSSR count). The molecule has 1 unspecified atom stereocenters. The van der Waals surface area contributed by atoms with Crippen molar-refractivity contribution < 1.29 is 9.53 Å². The number of anilines is 1. The Balaban J connectivity index is 1.71. The molecule has 1 aromatic carbocycles. The molecule has 3 aromatic rings. The molecule has 2 heterocycles. The molecule has 29 heavy (non-hydrogen) atoms. The number of methoxy groups -OCH3 is 1. The topological polar surface area (TPSA) is 54.5 Å². The average Bonchev–Trinajstić information content (AvgIpc) is 3.23. The second-order valence-corrected chi connectivity index (χ2v) is 8.17. The average molecular weight is 430 g/mol. The van der Waals surface area contributed by atoms with E-state index in [0.29, 0.717) is 12.2 Å². The fourth-order valence-corrected chi connectivity index (χ4v) is 4.03. The smallest absolute Gasteiger partial charge is 0.238 e. The molecule has 0 saturated heterocycles. The maximum absolute atomic E-state index is 12.7. The second kappa shape index (κ2) is 10.4. The number of nitrogens with zero attached hydrogens (tertiary/aromatic N) is 2. The third-order valence-corrected chi connectivity index (χ3v) is 5.82. The number of rotatable bonds is 9. The standard InChI is InChI=1S/C22H24ClN3O2S/c1-16(13-19-5-4-12-29-19)26(14-17-7-9-18(28-2)10-8-17)15-21(27)25-20-6-3-11-24-22(20)23/h3-12,16H,13-15H2,1-2H3,(H,25,27). The van der Waals surface area contributed by atoms with Crippen molar-refractivity contribution in [3.8, 4) is 5.75 Å². The summed E-state index contributed by atoms with van der Waals surface area (Å²) in [5.74, 6) is 0.697. The monoisotopic (exact) mass is 429 g/mol. The molecule has 0 aliphatic carbocycles. The summed E-state index contributed by atoms with van der Waals surface area (Å²) in [5, 5.41) is 5.23. The lowest BCUT2D eigenvalue weighted by Crippen LogP contribution is -2.40. The van der Waals surface area contributed by atoms with Crippen molar-refractivity contribution >= 4 is 34.5 Å². The van der Waals surface area contributed by atoms with Crippen LogP contribution in [-0.4, -0.2) is 35.5 Å². The number of hydrogen-bond acceptors (Lipinski definition) is 5. The third-order valence-electron chi connectivity index (χ3n) is 4.62. The highest BCUT2D eigenvalue weighted by molar-refractivity contribution is 7.09. The van der Waals surface area contributed by atoms with Crippen molar-refractivity contribution in [2.24, 2.45) is 0 Å². The first-order valence-corrected chi connectivity index (χ1v) is 10.6. The number of nitrogens with one attached hydrogen (secondary N) is 1. The summed E-state index contributed by atoms with van der Waals surface area (Å²) in [4.78, 5) is 20.2. The third kappa shape index (κ3) is 6.29. The van der Waals surface area contributed by atoms with Crippen LogP contribution in [0.2, 0.25) is 5.15 Å². The Morgan fingerprint density at radius 1 is 1.24 bits per heavy atom. The van der Waals surface area contributed by atoms with Crippen molar-refractivity contribution in [2.75, 3.05) is 19.0 Å². The lowest BCUT2D eigenvalue weighted by Gasteiger charge is -2.28.